The second-order valence-corrected chi connectivity index (χ2v) is 7.45. The molecule has 1 aromatic carbocycles. The number of carbonyl (C=O) groups is 1. The van der Waals surface area contributed by atoms with Crippen molar-refractivity contribution in [2.75, 3.05) is 16.9 Å². The first kappa shape index (κ1) is 17.3. The molecule has 0 bridgehead atoms. The number of aromatic nitrogens is 3. The maximum atomic E-state index is 12.1. The van der Waals surface area contributed by atoms with E-state index >= 15 is 0 Å². The highest BCUT2D eigenvalue weighted by molar-refractivity contribution is 7.99. The summed E-state index contributed by atoms with van der Waals surface area (Å²) in [6.07, 6.45) is 0. The number of thioether (sulfide) groups is 1. The summed E-state index contributed by atoms with van der Waals surface area (Å²) in [6.45, 7) is 10.1. The summed E-state index contributed by atoms with van der Waals surface area (Å²) < 4.78 is 1.45. The SMILES string of the molecule is Cc1cccc(NC(=O)CSc2nnc(C(C)(C)C)n2N)c1C. The number of anilines is 1. The summed E-state index contributed by atoms with van der Waals surface area (Å²) in [4.78, 5) is 12.1. The van der Waals surface area contributed by atoms with Gasteiger partial charge in [-0.15, -0.1) is 10.2 Å². The summed E-state index contributed by atoms with van der Waals surface area (Å²) in [5, 5.41) is 11.6. The molecule has 0 radical (unpaired) electrons. The number of nitrogens with two attached hydrogens (primary N) is 1. The molecule has 0 fully saturated rings. The van der Waals surface area contributed by atoms with E-state index in [1.54, 1.807) is 0 Å². The van der Waals surface area contributed by atoms with Crippen LogP contribution in [0.1, 0.15) is 37.7 Å². The number of aryl methyl sites for hydroxylation is 1. The Bertz CT molecular complexity index is 718. The van der Waals surface area contributed by atoms with Crippen molar-refractivity contribution >= 4 is 23.4 Å². The number of hydrogen-bond donors (Lipinski definition) is 2. The normalized spacial score (nSPS) is 11.5. The summed E-state index contributed by atoms with van der Waals surface area (Å²) in [7, 11) is 0. The third kappa shape index (κ3) is 4.04. The van der Waals surface area contributed by atoms with Gasteiger partial charge in [-0.05, 0) is 31.0 Å². The van der Waals surface area contributed by atoms with Gasteiger partial charge in [0, 0.05) is 11.1 Å². The minimum absolute atomic E-state index is 0.0935. The lowest BCUT2D eigenvalue weighted by Crippen LogP contribution is -2.24. The molecule has 2 rings (SSSR count). The molecule has 1 aromatic heterocycles. The average molecular weight is 333 g/mol. The van der Waals surface area contributed by atoms with Gasteiger partial charge in [-0.1, -0.05) is 44.7 Å². The number of rotatable bonds is 4. The van der Waals surface area contributed by atoms with Crippen LogP contribution in [0.25, 0.3) is 0 Å². The highest BCUT2D eigenvalue weighted by atomic mass is 32.2. The van der Waals surface area contributed by atoms with Crippen molar-refractivity contribution in [2.24, 2.45) is 0 Å². The Kier molecular flexibility index (Phi) is 4.99. The standard InChI is InChI=1S/C16H23N5OS/c1-10-7-6-8-12(11(10)2)18-13(22)9-23-15-20-19-14(21(15)17)16(3,4)5/h6-8H,9,17H2,1-5H3,(H,18,22). The lowest BCUT2D eigenvalue weighted by Gasteiger charge is -2.16. The van der Waals surface area contributed by atoms with Crippen LogP contribution in [0.4, 0.5) is 5.69 Å². The number of hydrogen-bond acceptors (Lipinski definition) is 5. The second-order valence-electron chi connectivity index (χ2n) is 6.51. The summed E-state index contributed by atoms with van der Waals surface area (Å²) >= 11 is 1.27. The van der Waals surface area contributed by atoms with Gasteiger partial charge in [0.1, 0.15) is 0 Å². The van der Waals surface area contributed by atoms with E-state index in [1.165, 1.54) is 16.4 Å². The van der Waals surface area contributed by atoms with Crippen molar-refractivity contribution in [3.05, 3.63) is 35.2 Å². The molecule has 3 N–H and O–H groups in total. The molecule has 0 saturated carbocycles. The molecule has 124 valence electrons. The van der Waals surface area contributed by atoms with Gasteiger partial charge in [-0.3, -0.25) is 4.79 Å². The molecule has 0 atom stereocenters. The van der Waals surface area contributed by atoms with Crippen LogP contribution >= 0.6 is 11.8 Å². The third-order valence-corrected chi connectivity index (χ3v) is 4.49. The van der Waals surface area contributed by atoms with Crippen molar-refractivity contribution in [2.45, 2.75) is 45.2 Å². The maximum Gasteiger partial charge on any atom is 0.234 e. The minimum atomic E-state index is -0.193. The molecular formula is C16H23N5OS. The van der Waals surface area contributed by atoms with E-state index in [9.17, 15) is 4.79 Å². The van der Waals surface area contributed by atoms with Crippen LogP contribution in [0, 0.1) is 13.8 Å². The lowest BCUT2D eigenvalue weighted by atomic mass is 9.96. The molecule has 7 heteroatoms. The molecule has 23 heavy (non-hydrogen) atoms. The van der Waals surface area contributed by atoms with E-state index in [0.717, 1.165) is 16.8 Å². The van der Waals surface area contributed by atoms with Crippen LogP contribution < -0.4 is 11.2 Å². The average Bonchev–Trinajstić information content (AvgIpc) is 2.83. The monoisotopic (exact) mass is 333 g/mol. The number of carbonyl (C=O) groups excluding carboxylic acids is 1. The fourth-order valence-corrected chi connectivity index (χ4v) is 2.75. The van der Waals surface area contributed by atoms with Gasteiger partial charge in [0.05, 0.1) is 5.75 Å². The summed E-state index contributed by atoms with van der Waals surface area (Å²) in [5.74, 6) is 6.84. The zero-order chi connectivity index (χ0) is 17.2. The Balaban J connectivity index is 2.00. The first-order chi connectivity index (χ1) is 10.7. The van der Waals surface area contributed by atoms with Crippen molar-refractivity contribution in [1.29, 1.82) is 0 Å². The van der Waals surface area contributed by atoms with Crippen molar-refractivity contribution in [1.82, 2.24) is 14.9 Å². The Morgan fingerprint density at radius 1 is 1.30 bits per heavy atom. The molecule has 2 aromatic rings. The molecule has 1 heterocycles. The van der Waals surface area contributed by atoms with Gasteiger partial charge in [-0.25, -0.2) is 4.68 Å². The van der Waals surface area contributed by atoms with Crippen molar-refractivity contribution < 1.29 is 4.79 Å². The van der Waals surface area contributed by atoms with Crippen LogP contribution in [0.3, 0.4) is 0 Å². The van der Waals surface area contributed by atoms with Crippen LogP contribution in [0.2, 0.25) is 0 Å². The zero-order valence-corrected chi connectivity index (χ0v) is 15.0. The topological polar surface area (TPSA) is 85.8 Å². The smallest absolute Gasteiger partial charge is 0.234 e. The third-order valence-electron chi connectivity index (χ3n) is 3.55. The van der Waals surface area contributed by atoms with Crippen LogP contribution in [-0.4, -0.2) is 26.5 Å². The van der Waals surface area contributed by atoms with Crippen LogP contribution in [0.5, 0.6) is 0 Å². The van der Waals surface area contributed by atoms with Gasteiger partial charge in [0.2, 0.25) is 11.1 Å². The van der Waals surface area contributed by atoms with E-state index in [-0.39, 0.29) is 17.1 Å². The van der Waals surface area contributed by atoms with Crippen LogP contribution in [-0.2, 0) is 10.2 Å². The quantitative estimate of drug-likeness (QED) is 0.663. The second kappa shape index (κ2) is 6.62. The van der Waals surface area contributed by atoms with Crippen molar-refractivity contribution in [3.63, 3.8) is 0 Å². The van der Waals surface area contributed by atoms with E-state index < -0.39 is 0 Å². The van der Waals surface area contributed by atoms with E-state index in [0.29, 0.717) is 11.0 Å². The molecule has 6 nitrogen and oxygen atoms in total. The largest absolute Gasteiger partial charge is 0.336 e. The molecule has 0 spiro atoms. The first-order valence-electron chi connectivity index (χ1n) is 7.40. The molecule has 0 unspecified atom stereocenters. The van der Waals surface area contributed by atoms with Gasteiger partial charge in [-0.2, -0.15) is 0 Å². The van der Waals surface area contributed by atoms with Gasteiger partial charge >= 0.3 is 0 Å². The first-order valence-corrected chi connectivity index (χ1v) is 8.38. The van der Waals surface area contributed by atoms with Crippen molar-refractivity contribution in [3.8, 4) is 0 Å². The van der Waals surface area contributed by atoms with Gasteiger partial charge in [0.25, 0.3) is 0 Å². The minimum Gasteiger partial charge on any atom is -0.336 e. The number of nitrogens with one attached hydrogen (secondary N) is 1. The maximum absolute atomic E-state index is 12.1. The lowest BCUT2D eigenvalue weighted by molar-refractivity contribution is -0.113. The number of nitrogens with zero attached hydrogens (tertiary/aromatic N) is 3. The Morgan fingerprint density at radius 2 is 2.00 bits per heavy atom. The van der Waals surface area contributed by atoms with E-state index in [2.05, 4.69) is 15.5 Å². The Labute approximate surface area is 140 Å². The highest BCUT2D eigenvalue weighted by Crippen LogP contribution is 2.23. The van der Waals surface area contributed by atoms with E-state index in [4.69, 9.17) is 5.84 Å². The number of nitrogen functional groups attached to an aromatic ring is 1. The molecule has 0 saturated heterocycles. The van der Waals surface area contributed by atoms with E-state index in [1.807, 2.05) is 52.8 Å². The summed E-state index contributed by atoms with van der Waals surface area (Å²) in [6, 6.07) is 5.84. The Hall–Kier alpha value is -2.02. The van der Waals surface area contributed by atoms with Gasteiger partial charge in [0.15, 0.2) is 5.82 Å². The molecule has 0 aliphatic rings. The summed E-state index contributed by atoms with van der Waals surface area (Å²) in [5.41, 5.74) is 2.86. The molecule has 1 amide bonds. The predicted octanol–water partition coefficient (Wildman–Crippen LogP) is 2.64. The predicted molar refractivity (Wildman–Crippen MR) is 94.1 cm³/mol. The fourth-order valence-electron chi connectivity index (χ4n) is 2.09. The molecule has 0 aliphatic carbocycles. The number of amides is 1. The van der Waals surface area contributed by atoms with Crippen LogP contribution in [0.15, 0.2) is 23.4 Å². The highest BCUT2D eigenvalue weighted by Gasteiger charge is 2.23. The van der Waals surface area contributed by atoms with Gasteiger partial charge < -0.3 is 11.2 Å². The fraction of sp³-hybridized carbons (Fsp3) is 0.438. The zero-order valence-electron chi connectivity index (χ0n) is 14.2. The number of benzene rings is 1. The molecule has 0 aliphatic heterocycles. The Morgan fingerprint density at radius 3 is 2.61 bits per heavy atom. The molecular weight excluding hydrogens is 310 g/mol.